The highest BCUT2D eigenvalue weighted by atomic mass is 16.4. The first-order valence-corrected chi connectivity index (χ1v) is 8.35. The number of carboxylic acid groups (broad SMARTS) is 1. The predicted molar refractivity (Wildman–Crippen MR) is 93.6 cm³/mol. The first-order chi connectivity index (χ1) is 11.7. The Kier molecular flexibility index (Phi) is 4.94. The number of para-hydroxylation sites is 1. The van der Waals surface area contributed by atoms with Crippen LogP contribution in [0.1, 0.15) is 25.7 Å². The van der Waals surface area contributed by atoms with Gasteiger partial charge in [0.15, 0.2) is 0 Å². The molecule has 124 valence electrons. The van der Waals surface area contributed by atoms with Crippen LogP contribution >= 0.6 is 0 Å². The van der Waals surface area contributed by atoms with Crippen molar-refractivity contribution in [1.29, 1.82) is 0 Å². The highest BCUT2D eigenvalue weighted by Gasteiger charge is 2.35. The number of benzene rings is 2. The molecule has 0 unspecified atom stereocenters. The third-order valence-corrected chi connectivity index (χ3v) is 4.69. The largest absolute Gasteiger partial charge is 0.481 e. The summed E-state index contributed by atoms with van der Waals surface area (Å²) in [5.41, 5.74) is 2.68. The molecule has 4 nitrogen and oxygen atoms in total. The van der Waals surface area contributed by atoms with Gasteiger partial charge in [-0.1, -0.05) is 61.4 Å². The van der Waals surface area contributed by atoms with E-state index in [0.29, 0.717) is 12.8 Å². The van der Waals surface area contributed by atoms with Gasteiger partial charge in [0.1, 0.15) is 0 Å². The summed E-state index contributed by atoms with van der Waals surface area (Å²) in [6.45, 7) is 0. The fourth-order valence-corrected chi connectivity index (χ4v) is 3.43. The third kappa shape index (κ3) is 3.48. The van der Waals surface area contributed by atoms with Crippen LogP contribution in [0, 0.1) is 11.8 Å². The zero-order chi connectivity index (χ0) is 16.9. The molecule has 2 aromatic carbocycles. The lowest BCUT2D eigenvalue weighted by atomic mass is 9.78. The molecule has 1 saturated carbocycles. The second-order valence-electron chi connectivity index (χ2n) is 6.24. The maximum Gasteiger partial charge on any atom is 0.307 e. The van der Waals surface area contributed by atoms with Gasteiger partial charge in [0.25, 0.3) is 0 Å². The van der Waals surface area contributed by atoms with Crippen LogP contribution in [0.15, 0.2) is 54.6 Å². The molecular formula is C20H21NO3. The lowest BCUT2D eigenvalue weighted by molar-refractivity contribution is -0.147. The van der Waals surface area contributed by atoms with E-state index < -0.39 is 17.8 Å². The summed E-state index contributed by atoms with van der Waals surface area (Å²) >= 11 is 0. The molecule has 0 spiro atoms. The van der Waals surface area contributed by atoms with Gasteiger partial charge in [-0.3, -0.25) is 9.59 Å². The molecule has 2 N–H and O–H groups in total. The van der Waals surface area contributed by atoms with Crippen LogP contribution in [0.4, 0.5) is 5.69 Å². The second kappa shape index (κ2) is 7.30. The molecule has 3 rings (SSSR count). The summed E-state index contributed by atoms with van der Waals surface area (Å²) in [5, 5.41) is 12.3. The van der Waals surface area contributed by atoms with Gasteiger partial charge >= 0.3 is 5.97 Å². The molecule has 0 heterocycles. The predicted octanol–water partition coefficient (Wildman–Crippen LogP) is 4.18. The van der Waals surface area contributed by atoms with E-state index >= 15 is 0 Å². The number of carbonyl (C=O) groups is 2. The van der Waals surface area contributed by atoms with Crippen molar-refractivity contribution in [3.8, 4) is 11.1 Å². The molecule has 24 heavy (non-hydrogen) atoms. The maximum atomic E-state index is 12.7. The fraction of sp³-hybridized carbons (Fsp3) is 0.300. The van der Waals surface area contributed by atoms with Crippen molar-refractivity contribution < 1.29 is 14.7 Å². The molecule has 2 aromatic rings. The standard InChI is InChI=1S/C20H21NO3/c22-19(16-11-4-5-12-17(16)20(23)24)21-18-13-7-6-10-15(18)14-8-2-1-3-9-14/h1-3,6-10,13,16-17H,4-5,11-12H2,(H,21,22)(H,23,24)/t16-,17-/m0/s1. The van der Waals surface area contributed by atoms with E-state index in [1.165, 1.54) is 0 Å². The van der Waals surface area contributed by atoms with Crippen molar-refractivity contribution >= 4 is 17.6 Å². The van der Waals surface area contributed by atoms with E-state index in [9.17, 15) is 14.7 Å². The lowest BCUT2D eigenvalue weighted by Crippen LogP contribution is -2.36. The fourth-order valence-electron chi connectivity index (χ4n) is 3.43. The van der Waals surface area contributed by atoms with Crippen molar-refractivity contribution in [2.45, 2.75) is 25.7 Å². The number of amides is 1. The Morgan fingerprint density at radius 1 is 0.875 bits per heavy atom. The molecule has 1 aliphatic rings. The first-order valence-electron chi connectivity index (χ1n) is 8.35. The molecule has 0 radical (unpaired) electrons. The number of hydrogen-bond acceptors (Lipinski definition) is 2. The molecular weight excluding hydrogens is 302 g/mol. The van der Waals surface area contributed by atoms with Gasteiger partial charge in [0.2, 0.25) is 5.91 Å². The van der Waals surface area contributed by atoms with Gasteiger partial charge in [0, 0.05) is 11.3 Å². The summed E-state index contributed by atoms with van der Waals surface area (Å²) in [5.74, 6) is -2.10. The molecule has 4 heteroatoms. The van der Waals surface area contributed by atoms with Crippen LogP contribution in [0.3, 0.4) is 0 Å². The molecule has 0 bridgehead atoms. The van der Waals surface area contributed by atoms with E-state index in [4.69, 9.17) is 0 Å². The van der Waals surface area contributed by atoms with E-state index in [1.54, 1.807) is 0 Å². The summed E-state index contributed by atoms with van der Waals surface area (Å²) in [6.07, 6.45) is 2.99. The average molecular weight is 323 g/mol. The smallest absolute Gasteiger partial charge is 0.307 e. The van der Waals surface area contributed by atoms with E-state index in [1.807, 2.05) is 54.6 Å². The van der Waals surface area contributed by atoms with Crippen LogP contribution in [-0.2, 0) is 9.59 Å². The van der Waals surface area contributed by atoms with Gasteiger partial charge < -0.3 is 10.4 Å². The van der Waals surface area contributed by atoms with Crippen LogP contribution in [0.25, 0.3) is 11.1 Å². The quantitative estimate of drug-likeness (QED) is 0.887. The molecule has 1 fully saturated rings. The van der Waals surface area contributed by atoms with Crippen LogP contribution < -0.4 is 5.32 Å². The van der Waals surface area contributed by atoms with Crippen molar-refractivity contribution in [3.63, 3.8) is 0 Å². The van der Waals surface area contributed by atoms with Gasteiger partial charge in [-0.05, 0) is 24.5 Å². The molecule has 1 amide bonds. The highest BCUT2D eigenvalue weighted by molar-refractivity contribution is 5.98. The summed E-state index contributed by atoms with van der Waals surface area (Å²) < 4.78 is 0. The molecule has 2 atom stereocenters. The minimum atomic E-state index is -0.869. The van der Waals surface area contributed by atoms with E-state index in [-0.39, 0.29) is 5.91 Å². The first kappa shape index (κ1) is 16.2. The minimum Gasteiger partial charge on any atom is -0.481 e. The maximum absolute atomic E-state index is 12.7. The van der Waals surface area contributed by atoms with Crippen LogP contribution in [-0.4, -0.2) is 17.0 Å². The number of rotatable bonds is 4. The zero-order valence-corrected chi connectivity index (χ0v) is 13.4. The Labute approximate surface area is 141 Å². The van der Waals surface area contributed by atoms with Crippen LogP contribution in [0.2, 0.25) is 0 Å². The number of hydrogen-bond donors (Lipinski definition) is 2. The van der Waals surface area contributed by atoms with E-state index in [0.717, 1.165) is 29.7 Å². The Balaban J connectivity index is 1.83. The van der Waals surface area contributed by atoms with Gasteiger partial charge in [-0.25, -0.2) is 0 Å². The summed E-state index contributed by atoms with van der Waals surface area (Å²) in [4.78, 5) is 24.1. The Morgan fingerprint density at radius 2 is 1.50 bits per heavy atom. The van der Waals surface area contributed by atoms with Crippen molar-refractivity contribution in [1.82, 2.24) is 0 Å². The number of carbonyl (C=O) groups excluding carboxylic acids is 1. The molecule has 0 saturated heterocycles. The average Bonchev–Trinajstić information content (AvgIpc) is 2.63. The molecule has 0 aliphatic heterocycles. The van der Waals surface area contributed by atoms with Crippen molar-refractivity contribution in [2.75, 3.05) is 5.32 Å². The summed E-state index contributed by atoms with van der Waals surface area (Å²) in [6, 6.07) is 17.5. The monoisotopic (exact) mass is 323 g/mol. The van der Waals surface area contributed by atoms with Gasteiger partial charge in [0.05, 0.1) is 11.8 Å². The molecule has 0 aromatic heterocycles. The Hall–Kier alpha value is -2.62. The van der Waals surface area contributed by atoms with Gasteiger partial charge in [-0.2, -0.15) is 0 Å². The van der Waals surface area contributed by atoms with Crippen LogP contribution in [0.5, 0.6) is 0 Å². The van der Waals surface area contributed by atoms with Crippen molar-refractivity contribution in [3.05, 3.63) is 54.6 Å². The summed E-state index contributed by atoms with van der Waals surface area (Å²) in [7, 11) is 0. The van der Waals surface area contributed by atoms with E-state index in [2.05, 4.69) is 5.32 Å². The SMILES string of the molecule is O=C(O)[C@H]1CCCC[C@@H]1C(=O)Nc1ccccc1-c1ccccc1. The highest BCUT2D eigenvalue weighted by Crippen LogP contribution is 2.33. The number of nitrogens with one attached hydrogen (secondary N) is 1. The lowest BCUT2D eigenvalue weighted by Gasteiger charge is -2.27. The number of carboxylic acids is 1. The van der Waals surface area contributed by atoms with Crippen molar-refractivity contribution in [2.24, 2.45) is 11.8 Å². The minimum absolute atomic E-state index is 0.189. The zero-order valence-electron chi connectivity index (χ0n) is 13.4. The van der Waals surface area contributed by atoms with Gasteiger partial charge in [-0.15, -0.1) is 0 Å². The molecule has 1 aliphatic carbocycles. The second-order valence-corrected chi connectivity index (χ2v) is 6.24. The number of aliphatic carboxylic acids is 1. The topological polar surface area (TPSA) is 66.4 Å². The third-order valence-electron chi connectivity index (χ3n) is 4.69. The number of anilines is 1. The Morgan fingerprint density at radius 3 is 2.21 bits per heavy atom. The normalized spacial score (nSPS) is 20.3. The Bertz CT molecular complexity index is 727.